The Balaban J connectivity index is 2.17. The molecule has 2 heteroatoms. The van der Waals surface area contributed by atoms with Crippen LogP contribution in [0.1, 0.15) is 37.3 Å². The first-order valence-corrected chi connectivity index (χ1v) is 5.77. The molecule has 0 heterocycles. The summed E-state index contributed by atoms with van der Waals surface area (Å²) >= 11 is 4.45. The molecule has 1 aromatic rings. The van der Waals surface area contributed by atoms with Crippen molar-refractivity contribution in [2.75, 3.05) is 0 Å². The summed E-state index contributed by atoms with van der Waals surface area (Å²) in [6.07, 6.45) is 5.24. The maximum Gasteiger partial charge on any atom is 0.0334 e. The minimum absolute atomic E-state index is 0.186. The number of hydrogen-bond acceptors (Lipinski definition) is 2. The van der Waals surface area contributed by atoms with E-state index in [9.17, 15) is 0 Å². The lowest BCUT2D eigenvalue weighted by atomic mass is 9.92. The molecule has 1 saturated carbocycles. The molecule has 1 atom stereocenters. The third-order valence-corrected chi connectivity index (χ3v) is 3.61. The van der Waals surface area contributed by atoms with Crippen molar-refractivity contribution in [2.24, 2.45) is 11.7 Å². The monoisotopic (exact) mass is 207 g/mol. The summed E-state index contributed by atoms with van der Waals surface area (Å²) in [7, 11) is 0. The summed E-state index contributed by atoms with van der Waals surface area (Å²) in [4.78, 5) is 1.03. The number of nitrogens with two attached hydrogens (primary N) is 1. The van der Waals surface area contributed by atoms with Gasteiger partial charge in [-0.1, -0.05) is 31.0 Å². The molecular weight excluding hydrogens is 190 g/mol. The summed E-state index contributed by atoms with van der Waals surface area (Å²) < 4.78 is 0. The maximum atomic E-state index is 6.25. The summed E-state index contributed by atoms with van der Waals surface area (Å²) in [5.41, 5.74) is 7.46. The van der Waals surface area contributed by atoms with Gasteiger partial charge in [0.25, 0.3) is 0 Å². The van der Waals surface area contributed by atoms with E-state index in [1.54, 1.807) is 0 Å². The van der Waals surface area contributed by atoms with E-state index < -0.39 is 0 Å². The van der Waals surface area contributed by atoms with Gasteiger partial charge in [-0.25, -0.2) is 0 Å². The minimum atomic E-state index is 0.186. The summed E-state index contributed by atoms with van der Waals surface area (Å²) in [5, 5.41) is 0. The first-order chi connectivity index (χ1) is 6.79. The van der Waals surface area contributed by atoms with Crippen LogP contribution in [0.2, 0.25) is 0 Å². The van der Waals surface area contributed by atoms with Gasteiger partial charge in [0.1, 0.15) is 0 Å². The van der Waals surface area contributed by atoms with E-state index in [1.165, 1.54) is 31.2 Å². The zero-order valence-corrected chi connectivity index (χ0v) is 9.21. The fraction of sp³-hybridized carbons (Fsp3) is 0.500. The van der Waals surface area contributed by atoms with Gasteiger partial charge in [-0.2, -0.15) is 0 Å². The molecule has 2 rings (SSSR count). The van der Waals surface area contributed by atoms with Crippen LogP contribution in [-0.4, -0.2) is 0 Å². The lowest BCUT2D eigenvalue weighted by Gasteiger charge is -2.20. The number of benzene rings is 1. The van der Waals surface area contributed by atoms with Gasteiger partial charge in [0.05, 0.1) is 0 Å². The van der Waals surface area contributed by atoms with Crippen molar-refractivity contribution in [2.45, 2.75) is 36.6 Å². The van der Waals surface area contributed by atoms with Crippen LogP contribution >= 0.6 is 12.6 Å². The highest BCUT2D eigenvalue weighted by Crippen LogP contribution is 2.35. The van der Waals surface area contributed by atoms with Crippen LogP contribution in [0.15, 0.2) is 29.2 Å². The molecule has 2 N–H and O–H groups in total. The van der Waals surface area contributed by atoms with Gasteiger partial charge in [0, 0.05) is 10.9 Å². The van der Waals surface area contributed by atoms with Crippen LogP contribution < -0.4 is 5.73 Å². The molecule has 1 fully saturated rings. The van der Waals surface area contributed by atoms with E-state index in [2.05, 4.69) is 18.7 Å². The average molecular weight is 207 g/mol. The Hall–Kier alpha value is -0.470. The van der Waals surface area contributed by atoms with Gasteiger partial charge in [0.2, 0.25) is 0 Å². The average Bonchev–Trinajstić information content (AvgIpc) is 2.70. The second-order valence-electron chi connectivity index (χ2n) is 4.13. The van der Waals surface area contributed by atoms with Crippen LogP contribution in [0, 0.1) is 5.92 Å². The molecule has 0 aromatic heterocycles. The molecular formula is C12H17NS. The predicted molar refractivity (Wildman–Crippen MR) is 62.6 cm³/mol. The molecule has 0 unspecified atom stereocenters. The van der Waals surface area contributed by atoms with Gasteiger partial charge >= 0.3 is 0 Å². The maximum absolute atomic E-state index is 6.25. The van der Waals surface area contributed by atoms with E-state index in [-0.39, 0.29) is 6.04 Å². The van der Waals surface area contributed by atoms with Crippen LogP contribution in [-0.2, 0) is 0 Å². The third kappa shape index (κ3) is 1.96. The minimum Gasteiger partial charge on any atom is -0.324 e. The molecule has 0 bridgehead atoms. The van der Waals surface area contributed by atoms with E-state index in [1.807, 2.05) is 18.2 Å². The number of rotatable bonds is 2. The normalized spacial score (nSPS) is 19.9. The number of thiol groups is 1. The van der Waals surface area contributed by atoms with E-state index in [0.717, 1.165) is 4.90 Å². The van der Waals surface area contributed by atoms with Crippen LogP contribution in [0.3, 0.4) is 0 Å². The molecule has 0 amide bonds. The van der Waals surface area contributed by atoms with Gasteiger partial charge in [0.15, 0.2) is 0 Å². The van der Waals surface area contributed by atoms with Gasteiger partial charge in [-0.15, -0.1) is 12.6 Å². The second-order valence-corrected chi connectivity index (χ2v) is 4.61. The Morgan fingerprint density at radius 3 is 2.50 bits per heavy atom. The lowest BCUT2D eigenvalue weighted by Crippen LogP contribution is -2.19. The van der Waals surface area contributed by atoms with Crippen molar-refractivity contribution in [1.29, 1.82) is 0 Å². The largest absolute Gasteiger partial charge is 0.324 e. The standard InChI is InChI=1S/C12H17NS/c13-12(9-5-1-2-6-9)10-7-3-4-8-11(10)14/h3-4,7-9,12,14H,1-2,5-6,13H2/t12-/m1/s1. The summed E-state index contributed by atoms with van der Waals surface area (Å²) in [6, 6.07) is 8.36. The van der Waals surface area contributed by atoms with Crippen molar-refractivity contribution in [3.05, 3.63) is 29.8 Å². The second kappa shape index (κ2) is 4.37. The number of hydrogen-bond donors (Lipinski definition) is 2. The summed E-state index contributed by atoms with van der Waals surface area (Å²) in [6.45, 7) is 0. The molecule has 1 nitrogen and oxygen atoms in total. The fourth-order valence-electron chi connectivity index (χ4n) is 2.34. The SMILES string of the molecule is N[C@@H](c1ccccc1S)C1CCCC1. The molecule has 0 saturated heterocycles. The topological polar surface area (TPSA) is 26.0 Å². The van der Waals surface area contributed by atoms with E-state index in [4.69, 9.17) is 5.73 Å². The molecule has 0 aliphatic heterocycles. The Labute approximate surface area is 91.1 Å². The molecule has 14 heavy (non-hydrogen) atoms. The van der Waals surface area contributed by atoms with E-state index >= 15 is 0 Å². The molecule has 76 valence electrons. The summed E-state index contributed by atoms with van der Waals surface area (Å²) in [5.74, 6) is 0.670. The highest BCUT2D eigenvalue weighted by atomic mass is 32.1. The van der Waals surface area contributed by atoms with Crippen molar-refractivity contribution < 1.29 is 0 Å². The highest BCUT2D eigenvalue weighted by molar-refractivity contribution is 7.80. The van der Waals surface area contributed by atoms with Gasteiger partial charge in [-0.05, 0) is 30.4 Å². The van der Waals surface area contributed by atoms with Crippen LogP contribution in [0.5, 0.6) is 0 Å². The first kappa shape index (κ1) is 10.1. The first-order valence-electron chi connectivity index (χ1n) is 5.32. The quantitative estimate of drug-likeness (QED) is 0.716. The molecule has 0 spiro atoms. The van der Waals surface area contributed by atoms with Crippen LogP contribution in [0.25, 0.3) is 0 Å². The molecule has 1 aromatic carbocycles. The Morgan fingerprint density at radius 2 is 1.86 bits per heavy atom. The van der Waals surface area contributed by atoms with Gasteiger partial charge in [-0.3, -0.25) is 0 Å². The Morgan fingerprint density at radius 1 is 1.21 bits per heavy atom. The van der Waals surface area contributed by atoms with Crippen LogP contribution in [0.4, 0.5) is 0 Å². The zero-order chi connectivity index (χ0) is 9.97. The highest BCUT2D eigenvalue weighted by Gasteiger charge is 2.23. The Kier molecular flexibility index (Phi) is 3.14. The van der Waals surface area contributed by atoms with Crippen molar-refractivity contribution in [1.82, 2.24) is 0 Å². The van der Waals surface area contributed by atoms with Crippen molar-refractivity contribution >= 4 is 12.6 Å². The van der Waals surface area contributed by atoms with Gasteiger partial charge < -0.3 is 5.73 Å². The van der Waals surface area contributed by atoms with E-state index in [0.29, 0.717) is 5.92 Å². The van der Waals surface area contributed by atoms with Crippen molar-refractivity contribution in [3.63, 3.8) is 0 Å². The predicted octanol–water partition coefficient (Wildman–Crippen LogP) is 3.17. The zero-order valence-electron chi connectivity index (χ0n) is 8.32. The lowest BCUT2D eigenvalue weighted by molar-refractivity contribution is 0.440. The molecule has 1 aliphatic rings. The molecule has 0 radical (unpaired) electrons. The Bertz CT molecular complexity index is 305. The smallest absolute Gasteiger partial charge is 0.0334 e. The molecule has 1 aliphatic carbocycles. The fourth-order valence-corrected chi connectivity index (χ4v) is 2.65. The van der Waals surface area contributed by atoms with Crippen molar-refractivity contribution in [3.8, 4) is 0 Å². The third-order valence-electron chi connectivity index (χ3n) is 3.20.